The van der Waals surface area contributed by atoms with Gasteiger partial charge >= 0.3 is 6.18 Å². The average Bonchev–Trinajstić information content (AvgIpc) is 2.65. The summed E-state index contributed by atoms with van der Waals surface area (Å²) in [5.41, 5.74) is 0.216. The van der Waals surface area contributed by atoms with Crippen LogP contribution in [0.1, 0.15) is 29.5 Å². The van der Waals surface area contributed by atoms with Crippen LogP contribution in [-0.4, -0.2) is 41.2 Å². The molecule has 2 amide bonds. The molecule has 2 aliphatic heterocycles. The first-order valence-electron chi connectivity index (χ1n) is 8.69. The lowest BCUT2D eigenvalue weighted by atomic mass is 9.91. The summed E-state index contributed by atoms with van der Waals surface area (Å²) in [6.07, 6.45) is -1.68. The maximum absolute atomic E-state index is 13.3. The van der Waals surface area contributed by atoms with E-state index in [2.05, 4.69) is 6.58 Å². The monoisotopic (exact) mass is 366 g/mol. The van der Waals surface area contributed by atoms with Crippen molar-refractivity contribution in [3.8, 4) is 0 Å². The minimum Gasteiger partial charge on any atom is -0.339 e. The first-order valence-corrected chi connectivity index (χ1v) is 8.69. The van der Waals surface area contributed by atoms with Gasteiger partial charge in [-0.2, -0.15) is 13.2 Å². The Labute approximate surface area is 150 Å². The van der Waals surface area contributed by atoms with Crippen LogP contribution in [0.2, 0.25) is 0 Å². The highest BCUT2D eigenvalue weighted by Gasteiger charge is 2.37. The second-order valence-corrected chi connectivity index (χ2v) is 6.75. The second kappa shape index (κ2) is 7.13. The molecule has 0 spiro atoms. The fourth-order valence-corrected chi connectivity index (χ4v) is 3.77. The van der Waals surface area contributed by atoms with Gasteiger partial charge in [0.2, 0.25) is 11.8 Å². The summed E-state index contributed by atoms with van der Waals surface area (Å²) in [6, 6.07) is 4.20. The lowest BCUT2D eigenvalue weighted by molar-refractivity contribution is -0.143. The van der Waals surface area contributed by atoms with Crippen LogP contribution >= 0.6 is 0 Å². The van der Waals surface area contributed by atoms with E-state index < -0.39 is 11.7 Å². The molecular formula is C19H21F3N2O2. The molecule has 140 valence electrons. The summed E-state index contributed by atoms with van der Waals surface area (Å²) in [4.78, 5) is 27.6. The summed E-state index contributed by atoms with van der Waals surface area (Å²) in [5.74, 6) is -0.514. The van der Waals surface area contributed by atoms with Crippen LogP contribution in [0.4, 0.5) is 13.2 Å². The Bertz CT molecular complexity index is 722. The number of rotatable bonds is 2. The van der Waals surface area contributed by atoms with E-state index in [0.717, 1.165) is 6.07 Å². The Morgan fingerprint density at radius 2 is 1.81 bits per heavy atom. The predicted octanol–water partition coefficient (Wildman–Crippen LogP) is 3.01. The minimum absolute atomic E-state index is 0.00431. The number of fused-ring (bicyclic) bond motifs is 1. The van der Waals surface area contributed by atoms with Gasteiger partial charge in [-0.25, -0.2) is 0 Å². The summed E-state index contributed by atoms with van der Waals surface area (Å²) in [5, 5.41) is 0. The molecule has 0 aromatic heterocycles. The fraction of sp³-hybridized carbons (Fsp3) is 0.474. The van der Waals surface area contributed by atoms with Crippen LogP contribution in [0.15, 0.2) is 30.9 Å². The molecule has 0 N–H and O–H groups in total. The third-order valence-corrected chi connectivity index (χ3v) is 5.22. The van der Waals surface area contributed by atoms with E-state index in [1.165, 1.54) is 17.0 Å². The topological polar surface area (TPSA) is 40.6 Å². The molecule has 0 bridgehead atoms. The zero-order chi connectivity index (χ0) is 18.9. The summed E-state index contributed by atoms with van der Waals surface area (Å²) < 4.78 is 39.8. The zero-order valence-corrected chi connectivity index (χ0v) is 14.4. The molecule has 0 radical (unpaired) electrons. The van der Waals surface area contributed by atoms with Crippen molar-refractivity contribution >= 4 is 11.8 Å². The van der Waals surface area contributed by atoms with Crippen LogP contribution in [0.3, 0.4) is 0 Å². The van der Waals surface area contributed by atoms with E-state index in [1.54, 1.807) is 11.0 Å². The second-order valence-electron chi connectivity index (χ2n) is 6.75. The van der Waals surface area contributed by atoms with Crippen molar-refractivity contribution in [3.63, 3.8) is 0 Å². The molecule has 2 heterocycles. The van der Waals surface area contributed by atoms with Gasteiger partial charge in [0.15, 0.2) is 0 Å². The van der Waals surface area contributed by atoms with Crippen LogP contribution in [0.25, 0.3) is 0 Å². The molecule has 1 saturated heterocycles. The Kier molecular flexibility index (Phi) is 5.07. The SMILES string of the molecule is C=CC(=O)N1CCC(C(=O)N2CCc3cccc(C(F)(F)F)c3C2)CC1. The smallest absolute Gasteiger partial charge is 0.339 e. The van der Waals surface area contributed by atoms with Gasteiger partial charge in [-0.3, -0.25) is 9.59 Å². The third-order valence-electron chi connectivity index (χ3n) is 5.22. The molecule has 0 unspecified atom stereocenters. The predicted molar refractivity (Wildman–Crippen MR) is 90.1 cm³/mol. The molecule has 2 aliphatic rings. The van der Waals surface area contributed by atoms with Crippen molar-refractivity contribution in [2.75, 3.05) is 19.6 Å². The number of carbonyl (C=O) groups is 2. The highest BCUT2D eigenvalue weighted by atomic mass is 19.4. The first-order chi connectivity index (χ1) is 12.3. The summed E-state index contributed by atoms with van der Waals surface area (Å²) in [6.45, 7) is 4.82. The van der Waals surface area contributed by atoms with E-state index in [0.29, 0.717) is 44.5 Å². The highest BCUT2D eigenvalue weighted by Crippen LogP contribution is 2.36. The maximum atomic E-state index is 13.3. The molecule has 4 nitrogen and oxygen atoms in total. The van der Waals surface area contributed by atoms with Gasteiger partial charge in [0.05, 0.1) is 5.56 Å². The average molecular weight is 366 g/mol. The lowest BCUT2D eigenvalue weighted by Crippen LogP contribution is -2.45. The van der Waals surface area contributed by atoms with Gasteiger partial charge in [-0.05, 0) is 42.5 Å². The normalized spacial score (nSPS) is 18.4. The Balaban J connectivity index is 1.70. The number of alkyl halides is 3. The molecule has 3 rings (SSSR count). The Hall–Kier alpha value is -2.31. The number of hydrogen-bond acceptors (Lipinski definition) is 2. The quantitative estimate of drug-likeness (QED) is 0.755. The number of nitrogens with zero attached hydrogens (tertiary/aromatic N) is 2. The Morgan fingerprint density at radius 1 is 1.12 bits per heavy atom. The summed E-state index contributed by atoms with van der Waals surface area (Å²) >= 11 is 0. The van der Waals surface area contributed by atoms with Gasteiger partial charge < -0.3 is 9.80 Å². The van der Waals surface area contributed by atoms with E-state index in [1.807, 2.05) is 0 Å². The fourth-order valence-electron chi connectivity index (χ4n) is 3.77. The number of hydrogen-bond donors (Lipinski definition) is 0. The molecule has 1 aromatic carbocycles. The van der Waals surface area contributed by atoms with Gasteiger partial charge in [-0.15, -0.1) is 0 Å². The highest BCUT2D eigenvalue weighted by molar-refractivity contribution is 5.87. The van der Waals surface area contributed by atoms with E-state index in [9.17, 15) is 22.8 Å². The van der Waals surface area contributed by atoms with Gasteiger partial charge in [0, 0.05) is 32.1 Å². The van der Waals surface area contributed by atoms with Gasteiger partial charge in [0.25, 0.3) is 0 Å². The number of benzene rings is 1. The maximum Gasteiger partial charge on any atom is 0.416 e. The molecule has 0 saturated carbocycles. The van der Waals surface area contributed by atoms with Crippen molar-refractivity contribution in [1.82, 2.24) is 9.80 Å². The van der Waals surface area contributed by atoms with E-state index in [-0.39, 0.29) is 29.8 Å². The summed E-state index contributed by atoms with van der Waals surface area (Å²) in [7, 11) is 0. The molecule has 1 aromatic rings. The van der Waals surface area contributed by atoms with Crippen LogP contribution in [0.5, 0.6) is 0 Å². The van der Waals surface area contributed by atoms with Crippen molar-refractivity contribution < 1.29 is 22.8 Å². The number of halogens is 3. The van der Waals surface area contributed by atoms with Gasteiger partial charge in [-0.1, -0.05) is 18.7 Å². The number of carbonyl (C=O) groups excluding carboxylic acids is 2. The molecule has 0 aliphatic carbocycles. The van der Waals surface area contributed by atoms with E-state index in [4.69, 9.17) is 0 Å². The number of piperidine rings is 1. The molecule has 26 heavy (non-hydrogen) atoms. The molecular weight excluding hydrogens is 345 g/mol. The van der Waals surface area contributed by atoms with E-state index >= 15 is 0 Å². The first kappa shape index (κ1) is 18.5. The van der Waals surface area contributed by atoms with Crippen LogP contribution in [-0.2, 0) is 28.7 Å². The van der Waals surface area contributed by atoms with Crippen molar-refractivity contribution in [3.05, 3.63) is 47.5 Å². The number of likely N-dealkylation sites (tertiary alicyclic amines) is 1. The van der Waals surface area contributed by atoms with Crippen LogP contribution in [0, 0.1) is 5.92 Å². The largest absolute Gasteiger partial charge is 0.416 e. The van der Waals surface area contributed by atoms with Crippen molar-refractivity contribution in [2.24, 2.45) is 5.92 Å². The van der Waals surface area contributed by atoms with Crippen molar-refractivity contribution in [2.45, 2.75) is 32.0 Å². The third kappa shape index (κ3) is 3.61. The number of amides is 2. The molecule has 1 fully saturated rings. The Morgan fingerprint density at radius 3 is 2.42 bits per heavy atom. The lowest BCUT2D eigenvalue weighted by Gasteiger charge is -2.36. The zero-order valence-electron chi connectivity index (χ0n) is 14.4. The molecule has 7 heteroatoms. The van der Waals surface area contributed by atoms with Gasteiger partial charge in [0.1, 0.15) is 0 Å². The minimum atomic E-state index is -4.42. The van der Waals surface area contributed by atoms with Crippen LogP contribution < -0.4 is 0 Å². The van der Waals surface area contributed by atoms with Crippen molar-refractivity contribution in [1.29, 1.82) is 0 Å². The standard InChI is InChI=1S/C19H21F3N2O2/c1-2-17(25)23-9-7-14(8-10-23)18(26)24-11-6-13-4-3-5-16(15(13)12-24)19(20,21)22/h2-5,14H,1,6-12H2. The molecule has 0 atom stereocenters.